The molecule has 1 N–H and O–H groups in total. The van der Waals surface area contributed by atoms with E-state index in [2.05, 4.69) is 33.2 Å². The van der Waals surface area contributed by atoms with Crippen LogP contribution < -0.4 is 5.32 Å². The van der Waals surface area contributed by atoms with Crippen molar-refractivity contribution in [2.24, 2.45) is 0 Å². The molecule has 0 spiro atoms. The van der Waals surface area contributed by atoms with Crippen LogP contribution in [0, 0.1) is 11.6 Å². The molecule has 0 amide bonds. The van der Waals surface area contributed by atoms with Gasteiger partial charge in [-0.25, -0.2) is 8.78 Å². The van der Waals surface area contributed by atoms with Crippen molar-refractivity contribution in [1.82, 2.24) is 10.3 Å². The van der Waals surface area contributed by atoms with Crippen molar-refractivity contribution in [2.75, 3.05) is 7.05 Å². The molecule has 0 aliphatic heterocycles. The molecule has 5 heteroatoms. The van der Waals surface area contributed by atoms with E-state index < -0.39 is 17.7 Å². The maximum Gasteiger partial charge on any atom is 0.132 e. The lowest BCUT2D eigenvalue weighted by molar-refractivity contribution is 0.486. The third-order valence-electron chi connectivity index (χ3n) is 3.45. The summed E-state index contributed by atoms with van der Waals surface area (Å²) in [5, 5.41) is 2.96. The predicted molar refractivity (Wildman–Crippen MR) is 83.2 cm³/mol. The fraction of sp³-hybridized carbons (Fsp3) is 0.312. The average Bonchev–Trinajstić information content (AvgIpc) is 2.45. The number of aromatic nitrogens is 1. The number of hydrogen-bond donors (Lipinski definition) is 1. The van der Waals surface area contributed by atoms with E-state index in [0.717, 1.165) is 17.7 Å². The highest BCUT2D eigenvalue weighted by molar-refractivity contribution is 9.10. The molecular formula is C16H17BrF2N2. The summed E-state index contributed by atoms with van der Waals surface area (Å²) in [5.74, 6) is -1.13. The second kappa shape index (κ2) is 7.09. The Hall–Kier alpha value is -1.33. The van der Waals surface area contributed by atoms with Crippen molar-refractivity contribution < 1.29 is 8.78 Å². The van der Waals surface area contributed by atoms with Gasteiger partial charge in [-0.15, -0.1) is 0 Å². The molecule has 112 valence electrons. The molecule has 0 aliphatic rings. The van der Waals surface area contributed by atoms with Gasteiger partial charge in [0.05, 0.1) is 0 Å². The highest BCUT2D eigenvalue weighted by Crippen LogP contribution is 2.26. The lowest BCUT2D eigenvalue weighted by Gasteiger charge is -2.18. The van der Waals surface area contributed by atoms with E-state index in [4.69, 9.17) is 0 Å². The first-order chi connectivity index (χ1) is 10.0. The van der Waals surface area contributed by atoms with E-state index >= 15 is 0 Å². The highest BCUT2D eigenvalue weighted by Gasteiger charge is 2.20. The SMILES string of the molecule is CCc1ccc(CC(NC)c2c(F)cc(Br)cc2F)nc1. The van der Waals surface area contributed by atoms with Crippen LogP contribution >= 0.6 is 15.9 Å². The van der Waals surface area contributed by atoms with Gasteiger partial charge in [-0.05, 0) is 37.2 Å². The minimum Gasteiger partial charge on any atom is -0.312 e. The highest BCUT2D eigenvalue weighted by atomic mass is 79.9. The topological polar surface area (TPSA) is 24.9 Å². The van der Waals surface area contributed by atoms with Crippen LogP contribution in [0.2, 0.25) is 0 Å². The van der Waals surface area contributed by atoms with E-state index in [0.29, 0.717) is 10.9 Å². The smallest absolute Gasteiger partial charge is 0.132 e. The number of halogens is 3. The van der Waals surface area contributed by atoms with E-state index in [1.807, 2.05) is 12.1 Å². The monoisotopic (exact) mass is 354 g/mol. The Morgan fingerprint density at radius 1 is 1.24 bits per heavy atom. The number of benzene rings is 1. The number of rotatable bonds is 5. The van der Waals surface area contributed by atoms with Crippen molar-refractivity contribution in [3.8, 4) is 0 Å². The summed E-state index contributed by atoms with van der Waals surface area (Å²) in [7, 11) is 1.69. The lowest BCUT2D eigenvalue weighted by Crippen LogP contribution is -2.22. The van der Waals surface area contributed by atoms with Crippen LogP contribution in [-0.2, 0) is 12.8 Å². The van der Waals surface area contributed by atoms with Crippen LogP contribution in [0.1, 0.15) is 29.8 Å². The molecule has 21 heavy (non-hydrogen) atoms. The molecule has 2 aromatic rings. The van der Waals surface area contributed by atoms with Gasteiger partial charge >= 0.3 is 0 Å². The Bertz CT molecular complexity index is 591. The average molecular weight is 355 g/mol. The van der Waals surface area contributed by atoms with E-state index in [1.54, 1.807) is 13.2 Å². The molecule has 0 radical (unpaired) electrons. The molecule has 0 bridgehead atoms. The third kappa shape index (κ3) is 3.86. The number of hydrogen-bond acceptors (Lipinski definition) is 2. The molecule has 1 unspecified atom stereocenters. The molecular weight excluding hydrogens is 338 g/mol. The van der Waals surface area contributed by atoms with Gasteiger partial charge in [0.1, 0.15) is 11.6 Å². The minimum atomic E-state index is -0.564. The second-order valence-electron chi connectivity index (χ2n) is 4.84. The van der Waals surface area contributed by atoms with Gasteiger partial charge in [0.2, 0.25) is 0 Å². The molecule has 0 fully saturated rings. The Morgan fingerprint density at radius 2 is 1.90 bits per heavy atom. The Kier molecular flexibility index (Phi) is 5.42. The fourth-order valence-corrected chi connectivity index (χ4v) is 2.63. The van der Waals surface area contributed by atoms with Crippen LogP contribution in [-0.4, -0.2) is 12.0 Å². The van der Waals surface area contributed by atoms with E-state index in [-0.39, 0.29) is 5.56 Å². The van der Waals surface area contributed by atoms with Crippen LogP contribution in [0.5, 0.6) is 0 Å². The molecule has 2 nitrogen and oxygen atoms in total. The first kappa shape index (κ1) is 16.0. The standard InChI is InChI=1S/C16H17BrF2N2/c1-3-10-4-5-12(21-9-10)8-15(20-2)16-13(18)6-11(17)7-14(16)19/h4-7,9,15,20H,3,8H2,1-2H3. The summed E-state index contributed by atoms with van der Waals surface area (Å²) < 4.78 is 28.5. The lowest BCUT2D eigenvalue weighted by atomic mass is 10.00. The van der Waals surface area contributed by atoms with Gasteiger partial charge < -0.3 is 5.32 Å². The van der Waals surface area contributed by atoms with Crippen molar-refractivity contribution in [3.63, 3.8) is 0 Å². The van der Waals surface area contributed by atoms with Crippen LogP contribution in [0.3, 0.4) is 0 Å². The quantitative estimate of drug-likeness (QED) is 0.870. The maximum absolute atomic E-state index is 14.0. The molecule has 0 saturated heterocycles. The molecule has 0 aliphatic carbocycles. The summed E-state index contributed by atoms with van der Waals surface area (Å²) >= 11 is 3.09. The van der Waals surface area contributed by atoms with Gasteiger partial charge in [0, 0.05) is 34.4 Å². The number of nitrogens with zero attached hydrogens (tertiary/aromatic N) is 1. The predicted octanol–water partition coefficient (Wildman–Crippen LogP) is 4.19. The zero-order valence-corrected chi connectivity index (χ0v) is 13.5. The normalized spacial score (nSPS) is 12.4. The number of aryl methyl sites for hydroxylation is 1. The number of likely N-dealkylation sites (N-methyl/N-ethyl adjacent to an activating group) is 1. The molecule has 1 aromatic carbocycles. The van der Waals surface area contributed by atoms with Crippen LogP contribution in [0.25, 0.3) is 0 Å². The van der Waals surface area contributed by atoms with Crippen LogP contribution in [0.15, 0.2) is 34.9 Å². The van der Waals surface area contributed by atoms with Gasteiger partial charge in [-0.2, -0.15) is 0 Å². The van der Waals surface area contributed by atoms with Crippen molar-refractivity contribution in [3.05, 3.63) is 63.4 Å². The molecule has 0 saturated carbocycles. The van der Waals surface area contributed by atoms with Crippen LogP contribution in [0.4, 0.5) is 8.78 Å². The first-order valence-corrected chi connectivity index (χ1v) is 7.60. The van der Waals surface area contributed by atoms with E-state index in [1.165, 1.54) is 12.1 Å². The fourth-order valence-electron chi connectivity index (χ4n) is 2.23. The summed E-state index contributed by atoms with van der Waals surface area (Å²) in [4.78, 5) is 4.35. The Labute approximate surface area is 131 Å². The second-order valence-corrected chi connectivity index (χ2v) is 5.76. The minimum absolute atomic E-state index is 0.0436. The Morgan fingerprint density at radius 3 is 2.38 bits per heavy atom. The van der Waals surface area contributed by atoms with Gasteiger partial charge in [-0.1, -0.05) is 28.9 Å². The van der Waals surface area contributed by atoms with Gasteiger partial charge in [-0.3, -0.25) is 4.98 Å². The molecule has 2 rings (SSSR count). The van der Waals surface area contributed by atoms with Crippen molar-refractivity contribution in [2.45, 2.75) is 25.8 Å². The number of nitrogens with one attached hydrogen (secondary N) is 1. The summed E-state index contributed by atoms with van der Waals surface area (Å²) in [6.45, 7) is 2.06. The molecule has 1 aromatic heterocycles. The van der Waals surface area contributed by atoms with E-state index in [9.17, 15) is 8.78 Å². The van der Waals surface area contributed by atoms with Crippen molar-refractivity contribution >= 4 is 15.9 Å². The largest absolute Gasteiger partial charge is 0.312 e. The van der Waals surface area contributed by atoms with Crippen molar-refractivity contribution in [1.29, 1.82) is 0 Å². The first-order valence-electron chi connectivity index (χ1n) is 6.80. The zero-order valence-electron chi connectivity index (χ0n) is 12.0. The maximum atomic E-state index is 14.0. The molecule has 1 heterocycles. The van der Waals surface area contributed by atoms with Gasteiger partial charge in [0.15, 0.2) is 0 Å². The summed E-state index contributed by atoms with van der Waals surface area (Å²) in [6.07, 6.45) is 3.14. The van der Waals surface area contributed by atoms with Gasteiger partial charge in [0.25, 0.3) is 0 Å². The third-order valence-corrected chi connectivity index (χ3v) is 3.91. The number of pyridine rings is 1. The molecule has 1 atom stereocenters. The summed E-state index contributed by atoms with van der Waals surface area (Å²) in [6, 6.07) is 5.98. The summed E-state index contributed by atoms with van der Waals surface area (Å²) in [5.41, 5.74) is 1.98. The zero-order chi connectivity index (χ0) is 15.4. The Balaban J connectivity index is 2.27.